The molecule has 0 aliphatic carbocycles. The van der Waals surface area contributed by atoms with E-state index in [0.29, 0.717) is 5.69 Å². The summed E-state index contributed by atoms with van der Waals surface area (Å²) in [6.45, 7) is 0. The largest absolute Gasteiger partial charge is 0.321 e. The van der Waals surface area contributed by atoms with Crippen LogP contribution in [0.3, 0.4) is 0 Å². The topological polar surface area (TPSA) is 85.6 Å². The van der Waals surface area contributed by atoms with E-state index in [1.165, 1.54) is 18.5 Å². The number of benzene rings is 1. The highest BCUT2D eigenvalue weighted by molar-refractivity contribution is 6.29. The van der Waals surface area contributed by atoms with Crippen LogP contribution >= 0.6 is 11.6 Å². The van der Waals surface area contributed by atoms with Crippen molar-refractivity contribution in [2.75, 3.05) is 5.32 Å². The molecule has 0 atom stereocenters. The zero-order chi connectivity index (χ0) is 14.7. The van der Waals surface area contributed by atoms with Crippen molar-refractivity contribution in [2.24, 2.45) is 0 Å². The first-order valence-electron chi connectivity index (χ1n) is 5.98. The van der Waals surface area contributed by atoms with Crippen molar-refractivity contribution in [3.8, 4) is 5.69 Å². The van der Waals surface area contributed by atoms with E-state index in [2.05, 4.69) is 25.6 Å². The normalized spacial score (nSPS) is 10.3. The quantitative estimate of drug-likeness (QED) is 0.799. The molecular weight excluding hydrogens is 292 g/mol. The molecule has 0 radical (unpaired) electrons. The van der Waals surface area contributed by atoms with Crippen molar-refractivity contribution in [1.29, 1.82) is 0 Å². The van der Waals surface area contributed by atoms with Crippen LogP contribution in [0.4, 0.5) is 5.69 Å². The number of hydrogen-bond donors (Lipinski definition) is 1. The molecule has 7 nitrogen and oxygen atoms in total. The number of nitrogens with zero attached hydrogens (tertiary/aromatic N) is 5. The molecule has 0 fully saturated rings. The van der Waals surface area contributed by atoms with Crippen LogP contribution in [-0.2, 0) is 0 Å². The lowest BCUT2D eigenvalue weighted by Crippen LogP contribution is -2.14. The van der Waals surface area contributed by atoms with Crippen LogP contribution in [0.1, 0.15) is 10.5 Å². The molecule has 0 aliphatic rings. The molecule has 0 saturated carbocycles. The van der Waals surface area contributed by atoms with Gasteiger partial charge < -0.3 is 5.32 Å². The van der Waals surface area contributed by atoms with Gasteiger partial charge in [0, 0.05) is 5.69 Å². The molecule has 3 rings (SSSR count). The van der Waals surface area contributed by atoms with E-state index < -0.39 is 0 Å². The molecule has 0 aliphatic heterocycles. The van der Waals surface area contributed by atoms with Crippen molar-refractivity contribution in [2.45, 2.75) is 0 Å². The van der Waals surface area contributed by atoms with Crippen LogP contribution in [0.5, 0.6) is 0 Å². The van der Waals surface area contributed by atoms with Gasteiger partial charge in [0.15, 0.2) is 10.8 Å². The summed E-state index contributed by atoms with van der Waals surface area (Å²) in [5.74, 6) is -0.354. The highest BCUT2D eigenvalue weighted by Gasteiger charge is 2.08. The summed E-state index contributed by atoms with van der Waals surface area (Å²) < 4.78 is 1.62. The van der Waals surface area contributed by atoms with Gasteiger partial charge in [0.05, 0.1) is 5.69 Å². The van der Waals surface area contributed by atoms with Gasteiger partial charge in [0.25, 0.3) is 5.91 Å². The zero-order valence-corrected chi connectivity index (χ0v) is 11.4. The number of hydrogen-bond acceptors (Lipinski definition) is 5. The second-order valence-electron chi connectivity index (χ2n) is 4.08. The fraction of sp³-hybridized carbons (Fsp3) is 0. The zero-order valence-electron chi connectivity index (χ0n) is 10.6. The minimum atomic E-state index is -0.354. The van der Waals surface area contributed by atoms with Crippen LogP contribution in [-0.4, -0.2) is 30.9 Å². The lowest BCUT2D eigenvalue weighted by atomic mass is 10.2. The lowest BCUT2D eigenvalue weighted by Gasteiger charge is -2.05. The molecule has 1 aromatic carbocycles. The van der Waals surface area contributed by atoms with Crippen molar-refractivity contribution in [3.05, 3.63) is 59.9 Å². The third kappa shape index (κ3) is 3.03. The van der Waals surface area contributed by atoms with E-state index >= 15 is 0 Å². The molecule has 0 unspecified atom stereocenters. The smallest absolute Gasteiger partial charge is 0.276 e. The number of carbonyl (C=O) groups excluding carboxylic acids is 1. The van der Waals surface area contributed by atoms with Gasteiger partial charge in [0.2, 0.25) is 0 Å². The number of nitrogens with one attached hydrogen (secondary N) is 1. The van der Waals surface area contributed by atoms with Crippen molar-refractivity contribution < 1.29 is 4.79 Å². The maximum Gasteiger partial charge on any atom is 0.276 e. The highest BCUT2D eigenvalue weighted by atomic mass is 35.5. The van der Waals surface area contributed by atoms with Gasteiger partial charge in [-0.25, -0.2) is 9.67 Å². The highest BCUT2D eigenvalue weighted by Crippen LogP contribution is 2.13. The maximum absolute atomic E-state index is 12.0. The third-order valence-corrected chi connectivity index (χ3v) is 2.87. The van der Waals surface area contributed by atoms with Gasteiger partial charge in [0.1, 0.15) is 12.7 Å². The Bertz CT molecular complexity index is 739. The number of aromatic nitrogens is 5. The minimum absolute atomic E-state index is 0.194. The van der Waals surface area contributed by atoms with Gasteiger partial charge in [-0.3, -0.25) is 4.79 Å². The summed E-state index contributed by atoms with van der Waals surface area (Å²) in [7, 11) is 0. The van der Waals surface area contributed by atoms with Gasteiger partial charge in [-0.15, -0.1) is 10.2 Å². The first-order valence-corrected chi connectivity index (χ1v) is 6.36. The molecular formula is C13H9ClN6O. The Labute approximate surface area is 124 Å². The van der Waals surface area contributed by atoms with E-state index in [1.807, 2.05) is 12.1 Å². The molecule has 1 N–H and O–H groups in total. The Morgan fingerprint density at radius 3 is 2.52 bits per heavy atom. The van der Waals surface area contributed by atoms with Gasteiger partial charge in [-0.05, 0) is 36.4 Å². The predicted octanol–water partition coefficient (Wildman–Crippen LogP) is 1.96. The summed E-state index contributed by atoms with van der Waals surface area (Å²) in [4.78, 5) is 15.8. The summed E-state index contributed by atoms with van der Waals surface area (Å²) in [6, 6.07) is 10.2. The van der Waals surface area contributed by atoms with Crippen LogP contribution in [0, 0.1) is 0 Å². The van der Waals surface area contributed by atoms with E-state index in [0.717, 1.165) is 5.69 Å². The summed E-state index contributed by atoms with van der Waals surface area (Å²) in [5, 5.41) is 14.3. The molecule has 8 heteroatoms. The van der Waals surface area contributed by atoms with E-state index in [1.54, 1.807) is 23.1 Å². The van der Waals surface area contributed by atoms with E-state index in [-0.39, 0.29) is 16.8 Å². The van der Waals surface area contributed by atoms with Crippen molar-refractivity contribution >= 4 is 23.2 Å². The third-order valence-electron chi connectivity index (χ3n) is 2.67. The monoisotopic (exact) mass is 300 g/mol. The van der Waals surface area contributed by atoms with Crippen molar-refractivity contribution in [1.82, 2.24) is 25.0 Å². The number of rotatable bonds is 3. The maximum atomic E-state index is 12.0. The average molecular weight is 301 g/mol. The standard InChI is InChI=1S/C13H9ClN6O/c14-12-6-5-11(18-19-12)13(21)17-9-1-3-10(4-2-9)20-8-15-7-16-20/h1-8H,(H,17,21). The van der Waals surface area contributed by atoms with Gasteiger partial charge >= 0.3 is 0 Å². The first-order chi connectivity index (χ1) is 10.2. The first kappa shape index (κ1) is 13.2. The molecule has 21 heavy (non-hydrogen) atoms. The Balaban J connectivity index is 1.73. The van der Waals surface area contributed by atoms with Crippen LogP contribution in [0.15, 0.2) is 49.1 Å². The molecule has 104 valence electrons. The summed E-state index contributed by atoms with van der Waals surface area (Å²) >= 11 is 5.62. The minimum Gasteiger partial charge on any atom is -0.321 e. The lowest BCUT2D eigenvalue weighted by molar-refractivity contribution is 0.102. The fourth-order valence-corrected chi connectivity index (χ4v) is 1.77. The molecule has 2 aromatic heterocycles. The Kier molecular flexibility index (Phi) is 3.57. The van der Waals surface area contributed by atoms with Gasteiger partial charge in [-0.2, -0.15) is 5.10 Å². The Hall–Kier alpha value is -2.80. The number of anilines is 1. The van der Waals surface area contributed by atoms with Crippen LogP contribution in [0.2, 0.25) is 5.15 Å². The number of amides is 1. The second kappa shape index (κ2) is 5.68. The van der Waals surface area contributed by atoms with E-state index in [4.69, 9.17) is 11.6 Å². The van der Waals surface area contributed by atoms with Crippen molar-refractivity contribution in [3.63, 3.8) is 0 Å². The summed E-state index contributed by atoms with van der Waals surface area (Å²) in [6.07, 6.45) is 3.05. The SMILES string of the molecule is O=C(Nc1ccc(-n2cncn2)cc1)c1ccc(Cl)nn1. The fourth-order valence-electron chi connectivity index (χ4n) is 1.67. The number of halogens is 1. The molecule has 0 saturated heterocycles. The van der Waals surface area contributed by atoms with E-state index in [9.17, 15) is 4.79 Å². The second-order valence-corrected chi connectivity index (χ2v) is 4.47. The number of carbonyl (C=O) groups is 1. The molecule has 0 bridgehead atoms. The van der Waals surface area contributed by atoms with Crippen LogP contribution in [0.25, 0.3) is 5.69 Å². The average Bonchev–Trinajstić information content (AvgIpc) is 3.03. The van der Waals surface area contributed by atoms with Crippen LogP contribution < -0.4 is 5.32 Å². The molecule has 1 amide bonds. The van der Waals surface area contributed by atoms with Gasteiger partial charge in [-0.1, -0.05) is 11.6 Å². The molecule has 2 heterocycles. The molecule has 0 spiro atoms. The predicted molar refractivity (Wildman–Crippen MR) is 76.4 cm³/mol. The molecule has 3 aromatic rings. The Morgan fingerprint density at radius 2 is 1.90 bits per heavy atom. The summed E-state index contributed by atoms with van der Waals surface area (Å²) in [5.41, 5.74) is 1.68. The Morgan fingerprint density at radius 1 is 1.10 bits per heavy atom.